The van der Waals surface area contributed by atoms with E-state index in [-0.39, 0.29) is 5.78 Å². The maximum Gasteiger partial charge on any atom is 0.174 e. The van der Waals surface area contributed by atoms with Crippen LogP contribution in [-0.2, 0) is 0 Å². The van der Waals surface area contributed by atoms with Crippen molar-refractivity contribution in [1.82, 2.24) is 4.98 Å². The van der Waals surface area contributed by atoms with Gasteiger partial charge in [-0.2, -0.15) is 11.8 Å². The van der Waals surface area contributed by atoms with Gasteiger partial charge in [-0.1, -0.05) is 18.2 Å². The minimum Gasteiger partial charge on any atom is -0.493 e. The number of carbonyl (C=O) groups excluding carboxylic acids is 1. The van der Waals surface area contributed by atoms with Crippen molar-refractivity contribution >= 4 is 17.5 Å². The van der Waals surface area contributed by atoms with E-state index in [9.17, 15) is 4.79 Å². The Morgan fingerprint density at radius 1 is 1.25 bits per heavy atom. The smallest absolute Gasteiger partial charge is 0.174 e. The topological polar surface area (TPSA) is 42.1 Å². The number of para-hydroxylation sites is 1. The maximum atomic E-state index is 12.0. The molecule has 0 atom stereocenters. The fourth-order valence-corrected chi connectivity index (χ4v) is 2.68. The van der Waals surface area contributed by atoms with E-state index in [2.05, 4.69) is 4.98 Å². The number of nitrogens with one attached hydrogen (secondary N) is 1. The highest BCUT2D eigenvalue weighted by Crippen LogP contribution is 2.14. The summed E-state index contributed by atoms with van der Waals surface area (Å²) in [5.41, 5.74) is 2.79. The van der Waals surface area contributed by atoms with E-state index in [0.717, 1.165) is 28.5 Å². The van der Waals surface area contributed by atoms with Crippen molar-refractivity contribution in [3.8, 4) is 5.75 Å². The Bertz CT molecular complexity index is 563. The van der Waals surface area contributed by atoms with Crippen LogP contribution < -0.4 is 4.74 Å². The average Bonchev–Trinajstić information content (AvgIpc) is 2.78. The minimum atomic E-state index is 0.177. The van der Waals surface area contributed by atoms with Gasteiger partial charge >= 0.3 is 0 Å². The molecule has 0 saturated heterocycles. The Morgan fingerprint density at radius 2 is 2.00 bits per heavy atom. The largest absolute Gasteiger partial charge is 0.493 e. The molecule has 1 aromatic carbocycles. The highest BCUT2D eigenvalue weighted by molar-refractivity contribution is 8.00. The number of aromatic nitrogens is 1. The van der Waals surface area contributed by atoms with Crippen LogP contribution in [-0.4, -0.2) is 28.9 Å². The van der Waals surface area contributed by atoms with Crippen molar-refractivity contribution in [1.29, 1.82) is 0 Å². The Labute approximate surface area is 123 Å². The van der Waals surface area contributed by atoms with Crippen LogP contribution in [0.25, 0.3) is 0 Å². The second kappa shape index (κ2) is 7.20. The number of thioether (sulfide) groups is 1. The summed E-state index contributed by atoms with van der Waals surface area (Å²) >= 11 is 1.60. The van der Waals surface area contributed by atoms with E-state index >= 15 is 0 Å². The zero-order valence-electron chi connectivity index (χ0n) is 11.8. The van der Waals surface area contributed by atoms with Crippen LogP contribution in [0, 0.1) is 13.8 Å². The summed E-state index contributed by atoms with van der Waals surface area (Å²) < 4.78 is 5.58. The molecular formula is C16H19NO2S. The van der Waals surface area contributed by atoms with Crippen molar-refractivity contribution in [2.45, 2.75) is 13.8 Å². The molecule has 1 aromatic heterocycles. The minimum absolute atomic E-state index is 0.177. The normalized spacial score (nSPS) is 10.5. The highest BCUT2D eigenvalue weighted by Gasteiger charge is 2.11. The Balaban J connectivity index is 1.68. The molecule has 0 radical (unpaired) electrons. The van der Waals surface area contributed by atoms with Gasteiger partial charge in [-0.15, -0.1) is 0 Å². The number of Topliss-reactive ketones (excluding diaryl/α,β-unsaturated/α-hetero) is 1. The van der Waals surface area contributed by atoms with Crippen LogP contribution in [0.15, 0.2) is 36.4 Å². The molecule has 1 N–H and O–H groups in total. The van der Waals surface area contributed by atoms with Crippen molar-refractivity contribution in [2.75, 3.05) is 18.1 Å². The van der Waals surface area contributed by atoms with Gasteiger partial charge in [0.05, 0.1) is 12.4 Å². The van der Waals surface area contributed by atoms with Gasteiger partial charge in [-0.05, 0) is 32.0 Å². The van der Waals surface area contributed by atoms with Gasteiger partial charge in [-0.25, -0.2) is 0 Å². The number of carbonyl (C=O) groups is 1. The number of rotatable bonds is 7. The maximum absolute atomic E-state index is 12.0. The van der Waals surface area contributed by atoms with E-state index in [0.29, 0.717) is 12.4 Å². The molecular weight excluding hydrogens is 270 g/mol. The standard InChI is InChI=1S/C16H19NO2S/c1-12-10-15(13(2)17-12)16(18)11-20-9-8-19-14-6-4-3-5-7-14/h3-7,10,17H,8-9,11H2,1-2H3. The van der Waals surface area contributed by atoms with Gasteiger partial charge in [0, 0.05) is 22.7 Å². The van der Waals surface area contributed by atoms with Gasteiger partial charge in [0.25, 0.3) is 0 Å². The van der Waals surface area contributed by atoms with Gasteiger partial charge in [0.2, 0.25) is 0 Å². The summed E-state index contributed by atoms with van der Waals surface area (Å²) in [6.45, 7) is 4.52. The first-order valence-electron chi connectivity index (χ1n) is 6.62. The summed E-state index contributed by atoms with van der Waals surface area (Å²) in [5, 5.41) is 0. The van der Waals surface area contributed by atoms with Gasteiger partial charge in [0.1, 0.15) is 5.75 Å². The van der Waals surface area contributed by atoms with Gasteiger partial charge in [0.15, 0.2) is 5.78 Å². The molecule has 0 bridgehead atoms. The number of aromatic amines is 1. The molecule has 0 spiro atoms. The predicted octanol–water partition coefficient (Wildman–Crippen LogP) is 3.63. The Morgan fingerprint density at radius 3 is 2.65 bits per heavy atom. The summed E-state index contributed by atoms with van der Waals surface area (Å²) in [6.07, 6.45) is 0. The molecule has 0 unspecified atom stereocenters. The number of ether oxygens (including phenoxy) is 1. The van der Waals surface area contributed by atoms with E-state index in [4.69, 9.17) is 4.74 Å². The molecule has 0 aliphatic rings. The SMILES string of the molecule is Cc1cc(C(=O)CSCCOc2ccccc2)c(C)[nH]1. The van der Waals surface area contributed by atoms with Crippen LogP contribution >= 0.6 is 11.8 Å². The first-order chi connectivity index (χ1) is 9.66. The summed E-state index contributed by atoms with van der Waals surface area (Å²) in [4.78, 5) is 15.2. The van der Waals surface area contributed by atoms with Crippen LogP contribution in [0.5, 0.6) is 5.75 Å². The molecule has 0 fully saturated rings. The lowest BCUT2D eigenvalue weighted by atomic mass is 10.2. The van der Waals surface area contributed by atoms with Gasteiger partial charge < -0.3 is 9.72 Å². The Kier molecular flexibility index (Phi) is 5.30. The lowest BCUT2D eigenvalue weighted by Gasteiger charge is -2.05. The van der Waals surface area contributed by atoms with E-state index in [1.807, 2.05) is 50.2 Å². The average molecular weight is 289 g/mol. The van der Waals surface area contributed by atoms with Crippen LogP contribution in [0.3, 0.4) is 0 Å². The molecule has 0 aliphatic heterocycles. The van der Waals surface area contributed by atoms with Crippen molar-refractivity contribution in [3.05, 3.63) is 53.3 Å². The first-order valence-corrected chi connectivity index (χ1v) is 7.77. The third-order valence-corrected chi connectivity index (χ3v) is 3.84. The quantitative estimate of drug-likeness (QED) is 0.625. The summed E-state index contributed by atoms with van der Waals surface area (Å²) in [7, 11) is 0. The van der Waals surface area contributed by atoms with Crippen molar-refractivity contribution in [3.63, 3.8) is 0 Å². The van der Waals surface area contributed by atoms with E-state index in [1.165, 1.54) is 0 Å². The van der Waals surface area contributed by atoms with E-state index in [1.54, 1.807) is 11.8 Å². The molecule has 0 amide bonds. The predicted molar refractivity (Wildman–Crippen MR) is 83.9 cm³/mol. The number of hydrogen-bond donors (Lipinski definition) is 1. The second-order valence-electron chi connectivity index (χ2n) is 4.63. The fraction of sp³-hybridized carbons (Fsp3) is 0.312. The highest BCUT2D eigenvalue weighted by atomic mass is 32.2. The lowest BCUT2D eigenvalue weighted by Crippen LogP contribution is -2.06. The van der Waals surface area contributed by atoms with Crippen LogP contribution in [0.2, 0.25) is 0 Å². The monoisotopic (exact) mass is 289 g/mol. The number of ketones is 1. The number of hydrogen-bond acceptors (Lipinski definition) is 3. The number of benzene rings is 1. The van der Waals surface area contributed by atoms with Crippen LogP contribution in [0.4, 0.5) is 0 Å². The number of aryl methyl sites for hydroxylation is 2. The molecule has 20 heavy (non-hydrogen) atoms. The zero-order valence-corrected chi connectivity index (χ0v) is 12.6. The molecule has 2 rings (SSSR count). The van der Waals surface area contributed by atoms with Crippen molar-refractivity contribution < 1.29 is 9.53 Å². The number of H-pyrrole nitrogens is 1. The first kappa shape index (κ1) is 14.7. The zero-order chi connectivity index (χ0) is 14.4. The molecule has 2 aromatic rings. The summed E-state index contributed by atoms with van der Waals surface area (Å²) in [6, 6.07) is 11.6. The lowest BCUT2D eigenvalue weighted by molar-refractivity contribution is 0.102. The van der Waals surface area contributed by atoms with Gasteiger partial charge in [-0.3, -0.25) is 4.79 Å². The van der Waals surface area contributed by atoms with Crippen LogP contribution in [0.1, 0.15) is 21.7 Å². The molecule has 106 valence electrons. The third kappa shape index (κ3) is 4.17. The fourth-order valence-electron chi connectivity index (χ4n) is 1.99. The molecule has 3 nitrogen and oxygen atoms in total. The molecule has 0 saturated carbocycles. The van der Waals surface area contributed by atoms with E-state index < -0.39 is 0 Å². The third-order valence-electron chi connectivity index (χ3n) is 2.92. The Hall–Kier alpha value is -1.68. The molecule has 1 heterocycles. The second-order valence-corrected chi connectivity index (χ2v) is 5.73. The molecule has 0 aliphatic carbocycles. The van der Waals surface area contributed by atoms with Crippen molar-refractivity contribution in [2.24, 2.45) is 0 Å². The molecule has 4 heteroatoms. The summed E-state index contributed by atoms with van der Waals surface area (Å²) in [5.74, 6) is 2.35.